The molecular weight excluding hydrogens is 364 g/mol. The fourth-order valence-corrected chi connectivity index (χ4v) is 5.25. The first-order valence-electron chi connectivity index (χ1n) is 8.68. The lowest BCUT2D eigenvalue weighted by molar-refractivity contribution is -0.116. The second kappa shape index (κ2) is 8.03. The van der Waals surface area contributed by atoms with Crippen LogP contribution in [0.15, 0.2) is 23.1 Å². The Morgan fingerprint density at radius 3 is 2.72 bits per heavy atom. The van der Waals surface area contributed by atoms with Gasteiger partial charge in [0.2, 0.25) is 15.9 Å². The molecular formula is C17H23ClN2O4S. The zero-order valence-corrected chi connectivity index (χ0v) is 15.6. The molecule has 0 bridgehead atoms. The predicted octanol–water partition coefficient (Wildman–Crippen LogP) is 3.02. The van der Waals surface area contributed by atoms with Gasteiger partial charge >= 0.3 is 0 Å². The van der Waals surface area contributed by atoms with Crippen molar-refractivity contribution >= 4 is 33.2 Å². The largest absolute Gasteiger partial charge is 0.378 e. The Hall–Kier alpha value is -1.15. The smallest absolute Gasteiger partial charge is 0.244 e. The minimum Gasteiger partial charge on any atom is -0.378 e. The molecule has 0 spiro atoms. The van der Waals surface area contributed by atoms with Crippen molar-refractivity contribution in [3.8, 4) is 0 Å². The lowest BCUT2D eigenvalue weighted by atomic mass is 10.1. The Morgan fingerprint density at radius 2 is 2.04 bits per heavy atom. The molecule has 1 aromatic carbocycles. The normalized spacial score (nSPS) is 21.6. The average Bonchev–Trinajstić information content (AvgIpc) is 3.28. The number of ether oxygens (including phenoxy) is 1. The van der Waals surface area contributed by atoms with Gasteiger partial charge in [0.15, 0.2) is 0 Å². The highest BCUT2D eigenvalue weighted by atomic mass is 35.5. The summed E-state index contributed by atoms with van der Waals surface area (Å²) in [4.78, 5) is 12.2. The summed E-state index contributed by atoms with van der Waals surface area (Å²) >= 11 is 6.11. The topological polar surface area (TPSA) is 75.7 Å². The molecule has 0 aromatic heterocycles. The van der Waals surface area contributed by atoms with Crippen molar-refractivity contribution in [2.45, 2.75) is 49.5 Å². The van der Waals surface area contributed by atoms with Gasteiger partial charge in [-0.3, -0.25) is 4.79 Å². The first-order valence-corrected chi connectivity index (χ1v) is 10.5. The molecule has 2 saturated heterocycles. The number of anilines is 1. The number of carbonyl (C=O) groups excluding carboxylic acids is 1. The molecule has 1 atom stereocenters. The van der Waals surface area contributed by atoms with Gasteiger partial charge in [-0.2, -0.15) is 4.31 Å². The van der Waals surface area contributed by atoms with Crippen LogP contribution in [0.4, 0.5) is 5.69 Å². The van der Waals surface area contributed by atoms with Gasteiger partial charge in [-0.1, -0.05) is 11.6 Å². The van der Waals surface area contributed by atoms with Gasteiger partial charge < -0.3 is 10.1 Å². The van der Waals surface area contributed by atoms with Crippen LogP contribution in [0.3, 0.4) is 0 Å². The number of amides is 1. The molecule has 2 aliphatic rings. The third kappa shape index (κ3) is 4.53. The Morgan fingerprint density at radius 1 is 1.28 bits per heavy atom. The Labute approximate surface area is 153 Å². The summed E-state index contributed by atoms with van der Waals surface area (Å²) in [6, 6.07) is 4.58. The summed E-state index contributed by atoms with van der Waals surface area (Å²) < 4.78 is 32.4. The molecule has 138 valence electrons. The van der Waals surface area contributed by atoms with E-state index in [0.29, 0.717) is 31.6 Å². The molecule has 0 aliphatic carbocycles. The molecule has 25 heavy (non-hydrogen) atoms. The van der Waals surface area contributed by atoms with Crippen LogP contribution in [-0.4, -0.2) is 44.4 Å². The van der Waals surface area contributed by atoms with Gasteiger partial charge in [0, 0.05) is 31.8 Å². The van der Waals surface area contributed by atoms with E-state index >= 15 is 0 Å². The van der Waals surface area contributed by atoms with Crippen LogP contribution < -0.4 is 5.32 Å². The van der Waals surface area contributed by atoms with Gasteiger partial charge in [-0.15, -0.1) is 0 Å². The molecule has 6 nitrogen and oxygen atoms in total. The van der Waals surface area contributed by atoms with E-state index < -0.39 is 10.0 Å². The second-order valence-electron chi connectivity index (χ2n) is 6.48. The van der Waals surface area contributed by atoms with Crippen molar-refractivity contribution in [2.75, 3.05) is 25.0 Å². The Balaban J connectivity index is 1.67. The maximum atomic E-state index is 12.7. The van der Waals surface area contributed by atoms with Crippen molar-refractivity contribution < 1.29 is 17.9 Å². The summed E-state index contributed by atoms with van der Waals surface area (Å²) in [7, 11) is -3.62. The van der Waals surface area contributed by atoms with Crippen LogP contribution in [0.1, 0.15) is 38.5 Å². The Kier molecular flexibility index (Phi) is 5.99. The highest BCUT2D eigenvalue weighted by molar-refractivity contribution is 7.89. The van der Waals surface area contributed by atoms with Crippen LogP contribution >= 0.6 is 11.6 Å². The minimum absolute atomic E-state index is 0.0491. The van der Waals surface area contributed by atoms with Crippen molar-refractivity contribution in [3.05, 3.63) is 23.2 Å². The summed E-state index contributed by atoms with van der Waals surface area (Å²) in [6.07, 6.45) is 4.93. The second-order valence-corrected chi connectivity index (χ2v) is 8.79. The first-order chi connectivity index (χ1) is 12.0. The van der Waals surface area contributed by atoms with Gasteiger partial charge in [-0.05, 0) is 50.3 Å². The molecule has 8 heteroatoms. The minimum atomic E-state index is -3.62. The summed E-state index contributed by atoms with van der Waals surface area (Å²) in [6.45, 7) is 1.79. The van der Waals surface area contributed by atoms with Crippen molar-refractivity contribution in [2.24, 2.45) is 0 Å². The highest BCUT2D eigenvalue weighted by Crippen LogP contribution is 2.29. The molecule has 0 saturated carbocycles. The number of hydrogen-bond acceptors (Lipinski definition) is 4. The molecule has 1 unspecified atom stereocenters. The molecule has 2 fully saturated rings. The van der Waals surface area contributed by atoms with Gasteiger partial charge in [0.25, 0.3) is 0 Å². The monoisotopic (exact) mass is 386 g/mol. The van der Waals surface area contributed by atoms with Crippen LogP contribution in [0, 0.1) is 0 Å². The van der Waals surface area contributed by atoms with Crippen molar-refractivity contribution in [3.63, 3.8) is 0 Å². The molecule has 1 N–H and O–H groups in total. The van der Waals surface area contributed by atoms with E-state index in [9.17, 15) is 13.2 Å². The molecule has 1 aromatic rings. The summed E-state index contributed by atoms with van der Waals surface area (Å²) in [5.74, 6) is -0.151. The standard InChI is InChI=1S/C17H23ClN2O4S/c18-15-7-5-13(19-17(21)8-6-14-4-3-11-24-14)12-16(15)25(22,23)20-9-1-2-10-20/h5,7,12,14H,1-4,6,8-11H2,(H,19,21). The predicted molar refractivity (Wildman–Crippen MR) is 96.3 cm³/mol. The fourth-order valence-electron chi connectivity index (χ4n) is 3.23. The maximum Gasteiger partial charge on any atom is 0.244 e. The van der Waals surface area contributed by atoms with Gasteiger partial charge in [0.1, 0.15) is 4.90 Å². The average molecular weight is 387 g/mol. The number of nitrogens with zero attached hydrogens (tertiary/aromatic N) is 1. The lowest BCUT2D eigenvalue weighted by Crippen LogP contribution is -2.28. The van der Waals surface area contributed by atoms with E-state index in [1.54, 1.807) is 6.07 Å². The summed E-state index contributed by atoms with van der Waals surface area (Å²) in [5.41, 5.74) is 0.444. The number of rotatable bonds is 6. The van der Waals surface area contributed by atoms with Gasteiger partial charge in [-0.25, -0.2) is 8.42 Å². The highest BCUT2D eigenvalue weighted by Gasteiger charge is 2.29. The van der Waals surface area contributed by atoms with Crippen molar-refractivity contribution in [1.29, 1.82) is 0 Å². The first kappa shape index (κ1) is 18.6. The molecule has 0 radical (unpaired) electrons. The van der Waals surface area contributed by atoms with Crippen LogP contribution in [0.5, 0.6) is 0 Å². The molecule has 3 rings (SSSR count). The van der Waals surface area contributed by atoms with Crippen LogP contribution in [0.25, 0.3) is 0 Å². The third-order valence-corrected chi connectivity index (χ3v) is 7.00. The van der Waals surface area contributed by atoms with E-state index in [1.807, 2.05) is 0 Å². The fraction of sp³-hybridized carbons (Fsp3) is 0.588. The quantitative estimate of drug-likeness (QED) is 0.815. The van der Waals surface area contributed by atoms with Crippen molar-refractivity contribution in [1.82, 2.24) is 4.31 Å². The van der Waals surface area contributed by atoms with E-state index in [1.165, 1.54) is 16.4 Å². The molecule has 2 heterocycles. The zero-order chi connectivity index (χ0) is 17.9. The number of carbonyl (C=O) groups is 1. The number of benzene rings is 1. The Bertz CT molecular complexity index is 726. The number of sulfonamides is 1. The van der Waals surface area contributed by atoms with Gasteiger partial charge in [0.05, 0.1) is 11.1 Å². The number of hydrogen-bond donors (Lipinski definition) is 1. The number of nitrogens with one attached hydrogen (secondary N) is 1. The van der Waals surface area contributed by atoms with E-state index in [-0.39, 0.29) is 21.9 Å². The van der Waals surface area contributed by atoms with E-state index in [0.717, 1.165) is 32.3 Å². The summed E-state index contributed by atoms with van der Waals surface area (Å²) in [5, 5.41) is 2.93. The van der Waals surface area contributed by atoms with E-state index in [4.69, 9.17) is 16.3 Å². The lowest BCUT2D eigenvalue weighted by Gasteiger charge is -2.17. The van der Waals surface area contributed by atoms with Crippen LogP contribution in [-0.2, 0) is 19.6 Å². The SMILES string of the molecule is O=C(CCC1CCCO1)Nc1ccc(Cl)c(S(=O)(=O)N2CCCC2)c1. The van der Waals surface area contributed by atoms with Crippen LogP contribution in [0.2, 0.25) is 5.02 Å². The molecule has 2 aliphatic heterocycles. The van der Waals surface area contributed by atoms with E-state index in [2.05, 4.69) is 5.32 Å². The molecule has 1 amide bonds. The zero-order valence-electron chi connectivity index (χ0n) is 14.0. The third-order valence-electron chi connectivity index (χ3n) is 4.62. The maximum absolute atomic E-state index is 12.7. The number of halogens is 1.